The lowest BCUT2D eigenvalue weighted by Crippen LogP contribution is -2.27. The number of aliphatic hydroxyl groups excluding tert-OH is 1. The van der Waals surface area contributed by atoms with E-state index in [-0.39, 0.29) is 32.1 Å². The van der Waals surface area contributed by atoms with Crippen molar-refractivity contribution in [1.82, 2.24) is 5.32 Å². The van der Waals surface area contributed by atoms with E-state index in [1.807, 2.05) is 0 Å². The van der Waals surface area contributed by atoms with Crippen molar-refractivity contribution >= 4 is 19.7 Å². The third-order valence-corrected chi connectivity index (χ3v) is 11.4. The van der Waals surface area contributed by atoms with Gasteiger partial charge in [0.2, 0.25) is 5.91 Å². The Bertz CT molecular complexity index is 990. The molecule has 57 heavy (non-hydrogen) atoms. The molecule has 0 saturated heterocycles. The third kappa shape index (κ3) is 45.4. The van der Waals surface area contributed by atoms with Crippen LogP contribution in [0.2, 0.25) is 0 Å². The minimum atomic E-state index is -4.42. The van der Waals surface area contributed by atoms with Gasteiger partial charge in [0.05, 0.1) is 13.2 Å². The van der Waals surface area contributed by atoms with Gasteiger partial charge in [0.1, 0.15) is 12.7 Å². The second-order valence-electron chi connectivity index (χ2n) is 16.1. The van der Waals surface area contributed by atoms with Gasteiger partial charge in [-0.15, -0.1) is 0 Å². The summed E-state index contributed by atoms with van der Waals surface area (Å²) in [6.07, 6.45) is 48.2. The fraction of sp³-hybridized carbons (Fsp3) is 0.872. The molecule has 0 bridgehead atoms. The number of nitrogens with one attached hydrogen (secondary N) is 1. The summed E-state index contributed by atoms with van der Waals surface area (Å²) in [6.45, 7) is 3.56. The Balaban J connectivity index is 3.56. The molecule has 2 unspecified atom stereocenters. The molecule has 0 fully saturated rings. The molecular formula is C47H90NO8P. The Labute approximate surface area is 350 Å². The maximum absolute atomic E-state index is 12.1. The first kappa shape index (κ1) is 55.5. The van der Waals surface area contributed by atoms with Gasteiger partial charge in [-0.25, -0.2) is 4.57 Å². The number of allylic oxidation sites excluding steroid dienone is 4. The molecule has 0 aliphatic rings. The molecule has 336 valence electrons. The zero-order valence-corrected chi connectivity index (χ0v) is 37.9. The quantitative estimate of drug-likeness (QED) is 0.0239. The second-order valence-corrected chi connectivity index (χ2v) is 17.5. The lowest BCUT2D eigenvalue weighted by molar-refractivity contribution is -0.147. The average Bonchev–Trinajstić information content (AvgIpc) is 3.20. The Hall–Kier alpha value is -1.51. The molecular weight excluding hydrogens is 737 g/mol. The van der Waals surface area contributed by atoms with Gasteiger partial charge in [0.15, 0.2) is 0 Å². The average molecular weight is 828 g/mol. The largest absolute Gasteiger partial charge is 0.472 e. The molecule has 0 heterocycles. The van der Waals surface area contributed by atoms with Crippen LogP contribution in [0.4, 0.5) is 0 Å². The summed E-state index contributed by atoms with van der Waals surface area (Å²) in [5.74, 6) is -0.515. The second kappa shape index (κ2) is 44.1. The highest BCUT2D eigenvalue weighted by Crippen LogP contribution is 2.42. The van der Waals surface area contributed by atoms with E-state index in [1.54, 1.807) is 0 Å². The molecule has 0 aromatic heterocycles. The zero-order valence-electron chi connectivity index (χ0n) is 37.0. The molecule has 0 radical (unpaired) electrons. The van der Waals surface area contributed by atoms with E-state index in [1.165, 1.54) is 154 Å². The lowest BCUT2D eigenvalue weighted by Gasteiger charge is -2.15. The number of esters is 1. The maximum Gasteiger partial charge on any atom is 0.472 e. The van der Waals surface area contributed by atoms with Crippen molar-refractivity contribution in [3.63, 3.8) is 0 Å². The van der Waals surface area contributed by atoms with Crippen LogP contribution >= 0.6 is 7.82 Å². The minimum absolute atomic E-state index is 0.0794. The van der Waals surface area contributed by atoms with Crippen LogP contribution in [0.15, 0.2) is 24.3 Å². The molecule has 3 N–H and O–H groups in total. The van der Waals surface area contributed by atoms with Gasteiger partial charge in [-0.2, -0.15) is 0 Å². The van der Waals surface area contributed by atoms with Gasteiger partial charge in [-0.05, 0) is 44.9 Å². The molecule has 10 heteroatoms. The van der Waals surface area contributed by atoms with Crippen LogP contribution < -0.4 is 5.32 Å². The summed E-state index contributed by atoms with van der Waals surface area (Å²) in [5, 5.41) is 12.7. The number of amides is 1. The van der Waals surface area contributed by atoms with Gasteiger partial charge in [0.25, 0.3) is 0 Å². The zero-order chi connectivity index (χ0) is 41.8. The SMILES string of the molecule is CCCCC/C=C\C/C=C\CCCCCCCCCC(=O)NCCOP(=O)(O)OCC(O)COC(=O)CCCCCCCCCCCCCCCCCCCCC. The van der Waals surface area contributed by atoms with Gasteiger partial charge in [-0.1, -0.05) is 199 Å². The molecule has 0 aliphatic heterocycles. The van der Waals surface area contributed by atoms with Gasteiger partial charge < -0.3 is 20.1 Å². The minimum Gasteiger partial charge on any atom is -0.463 e. The number of phosphoric ester groups is 1. The molecule has 0 saturated carbocycles. The summed E-state index contributed by atoms with van der Waals surface area (Å²) in [4.78, 5) is 34.0. The molecule has 0 rings (SSSR count). The summed E-state index contributed by atoms with van der Waals surface area (Å²) in [6, 6.07) is 0. The Kier molecular flexibility index (Phi) is 42.9. The van der Waals surface area contributed by atoms with Crippen LogP contribution in [0.1, 0.15) is 232 Å². The first-order valence-corrected chi connectivity index (χ1v) is 25.3. The topological polar surface area (TPSA) is 131 Å². The van der Waals surface area contributed by atoms with Crippen molar-refractivity contribution < 1.29 is 37.9 Å². The number of carbonyl (C=O) groups excluding carboxylic acids is 2. The maximum atomic E-state index is 12.1. The molecule has 2 atom stereocenters. The lowest BCUT2D eigenvalue weighted by atomic mass is 10.0. The van der Waals surface area contributed by atoms with Gasteiger partial charge in [-0.3, -0.25) is 18.6 Å². The number of hydrogen-bond acceptors (Lipinski definition) is 7. The van der Waals surface area contributed by atoms with Crippen LogP contribution in [0.25, 0.3) is 0 Å². The van der Waals surface area contributed by atoms with Crippen LogP contribution in [0.3, 0.4) is 0 Å². The van der Waals surface area contributed by atoms with E-state index in [0.29, 0.717) is 6.42 Å². The summed E-state index contributed by atoms with van der Waals surface area (Å²) in [7, 11) is -4.42. The Morgan fingerprint density at radius 3 is 1.44 bits per heavy atom. The van der Waals surface area contributed by atoms with Crippen molar-refractivity contribution in [3.05, 3.63) is 24.3 Å². The van der Waals surface area contributed by atoms with Crippen LogP contribution in [0, 0.1) is 0 Å². The smallest absolute Gasteiger partial charge is 0.463 e. The van der Waals surface area contributed by atoms with E-state index in [9.17, 15) is 24.2 Å². The number of carbonyl (C=O) groups is 2. The first-order chi connectivity index (χ1) is 27.8. The van der Waals surface area contributed by atoms with Crippen molar-refractivity contribution in [3.8, 4) is 0 Å². The van der Waals surface area contributed by atoms with E-state index in [4.69, 9.17) is 13.8 Å². The van der Waals surface area contributed by atoms with Crippen LogP contribution in [-0.2, 0) is 27.9 Å². The van der Waals surface area contributed by atoms with E-state index in [0.717, 1.165) is 51.4 Å². The monoisotopic (exact) mass is 828 g/mol. The van der Waals surface area contributed by atoms with E-state index < -0.39 is 26.5 Å². The van der Waals surface area contributed by atoms with Crippen LogP contribution in [0.5, 0.6) is 0 Å². The van der Waals surface area contributed by atoms with Crippen molar-refractivity contribution in [1.29, 1.82) is 0 Å². The molecule has 1 amide bonds. The number of rotatable bonds is 45. The first-order valence-electron chi connectivity index (χ1n) is 23.8. The highest BCUT2D eigenvalue weighted by Gasteiger charge is 2.23. The van der Waals surface area contributed by atoms with Crippen molar-refractivity contribution in [2.24, 2.45) is 0 Å². The van der Waals surface area contributed by atoms with Crippen molar-refractivity contribution in [2.75, 3.05) is 26.4 Å². The summed E-state index contributed by atoms with van der Waals surface area (Å²) in [5.41, 5.74) is 0. The molecule has 0 spiro atoms. The highest BCUT2D eigenvalue weighted by atomic mass is 31.2. The van der Waals surface area contributed by atoms with E-state index >= 15 is 0 Å². The predicted octanol–water partition coefficient (Wildman–Crippen LogP) is 13.6. The number of phosphoric acid groups is 1. The Morgan fingerprint density at radius 1 is 0.544 bits per heavy atom. The van der Waals surface area contributed by atoms with Crippen LogP contribution in [-0.4, -0.2) is 54.3 Å². The fourth-order valence-electron chi connectivity index (χ4n) is 6.77. The fourth-order valence-corrected chi connectivity index (χ4v) is 7.52. The molecule has 0 aromatic carbocycles. The number of hydrogen-bond donors (Lipinski definition) is 3. The van der Waals surface area contributed by atoms with Gasteiger partial charge >= 0.3 is 13.8 Å². The van der Waals surface area contributed by atoms with Gasteiger partial charge in [0, 0.05) is 19.4 Å². The standard InChI is InChI=1S/C47H90NO8P/c1-3-5-7-9-11-13-15-17-19-21-22-24-26-28-30-32-34-36-38-40-47(51)54-43-45(49)44-56-57(52,53)55-42-41-48-46(50)39-37-35-33-31-29-27-25-23-20-18-16-14-12-10-8-6-4-2/h12,14,18,20,45,49H,3-11,13,15-17,19,21-44H2,1-2H3,(H,48,50)(H,52,53)/b14-12-,20-18-. The molecule has 0 aromatic rings. The Morgan fingerprint density at radius 2 is 0.947 bits per heavy atom. The van der Waals surface area contributed by atoms with E-state index in [2.05, 4.69) is 43.5 Å². The predicted molar refractivity (Wildman–Crippen MR) is 238 cm³/mol. The molecule has 0 aliphatic carbocycles. The highest BCUT2D eigenvalue weighted by molar-refractivity contribution is 7.47. The number of aliphatic hydroxyl groups is 1. The normalized spacial score (nSPS) is 13.4. The summed E-state index contributed by atoms with van der Waals surface area (Å²) < 4.78 is 26.9. The number of unbranched alkanes of at least 4 members (excludes halogenated alkanes) is 28. The molecule has 9 nitrogen and oxygen atoms in total. The number of ether oxygens (including phenoxy) is 1. The van der Waals surface area contributed by atoms with Crippen molar-refractivity contribution in [2.45, 2.75) is 238 Å². The summed E-state index contributed by atoms with van der Waals surface area (Å²) >= 11 is 0. The third-order valence-electron chi connectivity index (χ3n) is 10.4.